The molecule has 4 nitrogen and oxygen atoms in total. The Kier molecular flexibility index (Phi) is 5.62. The summed E-state index contributed by atoms with van der Waals surface area (Å²) in [5.41, 5.74) is 0.895. The van der Waals surface area contributed by atoms with Gasteiger partial charge in [-0.15, -0.1) is 0 Å². The maximum atomic E-state index is 12.0. The molecule has 0 bridgehead atoms. The average molecular weight is 249 g/mol. The molecule has 1 aromatic rings. The number of hydrogen-bond donors (Lipinski definition) is 1. The molecule has 1 heterocycles. The monoisotopic (exact) mass is 249 g/mol. The van der Waals surface area contributed by atoms with Gasteiger partial charge in [0.15, 0.2) is 0 Å². The fraction of sp³-hybridized carbons (Fsp3) is 0.571. The van der Waals surface area contributed by atoms with Crippen LogP contribution in [0.25, 0.3) is 0 Å². The zero-order chi connectivity index (χ0) is 13.5. The Morgan fingerprint density at radius 3 is 2.72 bits per heavy atom. The van der Waals surface area contributed by atoms with Gasteiger partial charge in [-0.25, -0.2) is 4.79 Å². The molecule has 1 aromatic heterocycles. The van der Waals surface area contributed by atoms with Crippen LogP contribution < -0.4 is 5.32 Å². The topological polar surface area (TPSA) is 45.2 Å². The summed E-state index contributed by atoms with van der Waals surface area (Å²) >= 11 is 0. The maximum Gasteiger partial charge on any atom is 0.317 e. The van der Waals surface area contributed by atoms with Gasteiger partial charge in [-0.3, -0.25) is 4.98 Å². The summed E-state index contributed by atoms with van der Waals surface area (Å²) in [5, 5.41) is 3.01. The Morgan fingerprint density at radius 1 is 1.44 bits per heavy atom. The molecule has 0 fully saturated rings. The maximum absolute atomic E-state index is 12.0. The molecule has 2 amide bonds. The van der Waals surface area contributed by atoms with Crippen LogP contribution in [0.4, 0.5) is 4.79 Å². The summed E-state index contributed by atoms with van der Waals surface area (Å²) in [7, 11) is 1.79. The van der Waals surface area contributed by atoms with Crippen LogP contribution in [0.2, 0.25) is 0 Å². The lowest BCUT2D eigenvalue weighted by molar-refractivity contribution is 0.198. The Morgan fingerprint density at radius 2 is 2.17 bits per heavy atom. The van der Waals surface area contributed by atoms with E-state index in [2.05, 4.69) is 24.1 Å². The van der Waals surface area contributed by atoms with Crippen molar-refractivity contribution in [1.82, 2.24) is 15.2 Å². The molecule has 0 aliphatic carbocycles. The average Bonchev–Trinajstić information content (AvgIpc) is 2.38. The molecule has 1 rings (SSSR count). The van der Waals surface area contributed by atoms with Gasteiger partial charge in [0.25, 0.3) is 0 Å². The van der Waals surface area contributed by atoms with Gasteiger partial charge in [-0.05, 0) is 25.0 Å². The number of carbonyl (C=O) groups excluding carboxylic acids is 1. The third-order valence-corrected chi connectivity index (χ3v) is 3.32. The van der Waals surface area contributed by atoms with E-state index in [9.17, 15) is 4.79 Å². The highest BCUT2D eigenvalue weighted by Crippen LogP contribution is 2.07. The minimum absolute atomic E-state index is 0.0477. The standard InChI is InChI=1S/C14H23N3O/c1-5-11(2)12(3)16-14(18)17(4)10-13-8-6-7-9-15-13/h6-9,11-12H,5,10H2,1-4H3,(H,16,18)/t11?,12-/m0/s1. The van der Waals surface area contributed by atoms with Gasteiger partial charge < -0.3 is 10.2 Å². The van der Waals surface area contributed by atoms with Crippen molar-refractivity contribution >= 4 is 6.03 Å². The van der Waals surface area contributed by atoms with Crippen LogP contribution in [-0.2, 0) is 6.54 Å². The van der Waals surface area contributed by atoms with Gasteiger partial charge in [-0.2, -0.15) is 0 Å². The van der Waals surface area contributed by atoms with Crippen molar-refractivity contribution in [2.45, 2.75) is 39.8 Å². The number of carbonyl (C=O) groups is 1. The predicted octanol–water partition coefficient (Wildman–Crippen LogP) is 2.66. The number of amides is 2. The molecule has 1 N–H and O–H groups in total. The van der Waals surface area contributed by atoms with Crippen molar-refractivity contribution in [3.05, 3.63) is 30.1 Å². The number of aromatic nitrogens is 1. The van der Waals surface area contributed by atoms with Crippen LogP contribution in [0.3, 0.4) is 0 Å². The van der Waals surface area contributed by atoms with E-state index in [1.54, 1.807) is 18.1 Å². The second kappa shape index (κ2) is 6.99. The van der Waals surface area contributed by atoms with Crippen molar-refractivity contribution in [1.29, 1.82) is 0 Å². The highest BCUT2D eigenvalue weighted by Gasteiger charge is 2.16. The molecular weight excluding hydrogens is 226 g/mol. The molecule has 0 radical (unpaired) electrons. The normalized spacial score (nSPS) is 13.8. The zero-order valence-electron chi connectivity index (χ0n) is 11.7. The van der Waals surface area contributed by atoms with Crippen molar-refractivity contribution in [2.75, 3.05) is 7.05 Å². The largest absolute Gasteiger partial charge is 0.335 e. The summed E-state index contributed by atoms with van der Waals surface area (Å²) in [6.07, 6.45) is 2.80. The third kappa shape index (κ3) is 4.35. The van der Waals surface area contributed by atoms with Gasteiger partial charge in [-0.1, -0.05) is 26.3 Å². The number of urea groups is 1. The molecule has 0 aromatic carbocycles. The Labute approximate surface area is 109 Å². The molecule has 0 saturated carbocycles. The summed E-state index contributed by atoms with van der Waals surface area (Å²) < 4.78 is 0. The molecule has 4 heteroatoms. The number of nitrogens with one attached hydrogen (secondary N) is 1. The van der Waals surface area contributed by atoms with Crippen molar-refractivity contribution in [2.24, 2.45) is 5.92 Å². The number of nitrogens with zero attached hydrogens (tertiary/aromatic N) is 2. The zero-order valence-corrected chi connectivity index (χ0v) is 11.7. The summed E-state index contributed by atoms with van der Waals surface area (Å²) in [6, 6.07) is 5.86. The lowest BCUT2D eigenvalue weighted by Gasteiger charge is -2.24. The quantitative estimate of drug-likeness (QED) is 0.872. The van der Waals surface area contributed by atoms with Crippen molar-refractivity contribution in [3.8, 4) is 0 Å². The van der Waals surface area contributed by atoms with E-state index in [4.69, 9.17) is 0 Å². The van der Waals surface area contributed by atoms with E-state index < -0.39 is 0 Å². The van der Waals surface area contributed by atoms with Crippen LogP contribution in [0.1, 0.15) is 32.9 Å². The molecule has 0 spiro atoms. The first-order valence-electron chi connectivity index (χ1n) is 6.46. The van der Waals surface area contributed by atoms with Crippen LogP contribution >= 0.6 is 0 Å². The van der Waals surface area contributed by atoms with E-state index in [-0.39, 0.29) is 12.1 Å². The fourth-order valence-electron chi connectivity index (χ4n) is 1.61. The summed E-state index contributed by atoms with van der Waals surface area (Å²) in [6.45, 7) is 6.84. The second-order valence-electron chi connectivity index (χ2n) is 4.80. The SMILES string of the molecule is CCC(C)[C@H](C)NC(=O)N(C)Cc1ccccn1. The summed E-state index contributed by atoms with van der Waals surface area (Å²) in [5.74, 6) is 0.484. The van der Waals surface area contributed by atoms with Gasteiger partial charge in [0.05, 0.1) is 12.2 Å². The highest BCUT2D eigenvalue weighted by molar-refractivity contribution is 5.74. The smallest absolute Gasteiger partial charge is 0.317 e. The molecule has 0 aliphatic rings. The van der Waals surface area contributed by atoms with Gasteiger partial charge in [0.2, 0.25) is 0 Å². The second-order valence-corrected chi connectivity index (χ2v) is 4.80. The molecule has 2 atom stereocenters. The molecule has 1 unspecified atom stereocenters. The molecule has 18 heavy (non-hydrogen) atoms. The number of hydrogen-bond acceptors (Lipinski definition) is 2. The van der Waals surface area contributed by atoms with E-state index in [1.807, 2.05) is 25.1 Å². The van der Waals surface area contributed by atoms with Crippen molar-refractivity contribution < 1.29 is 4.79 Å². The number of rotatable bonds is 5. The summed E-state index contributed by atoms with van der Waals surface area (Å²) in [4.78, 5) is 17.8. The van der Waals surface area contributed by atoms with Gasteiger partial charge in [0, 0.05) is 19.3 Å². The lowest BCUT2D eigenvalue weighted by atomic mass is 10.0. The first-order chi connectivity index (χ1) is 8.54. The van der Waals surface area contributed by atoms with E-state index in [0.717, 1.165) is 12.1 Å². The molecule has 100 valence electrons. The minimum Gasteiger partial charge on any atom is -0.335 e. The number of pyridine rings is 1. The third-order valence-electron chi connectivity index (χ3n) is 3.32. The van der Waals surface area contributed by atoms with Crippen LogP contribution in [0.5, 0.6) is 0 Å². The van der Waals surface area contributed by atoms with Gasteiger partial charge >= 0.3 is 6.03 Å². The van der Waals surface area contributed by atoms with Crippen LogP contribution in [0, 0.1) is 5.92 Å². The highest BCUT2D eigenvalue weighted by atomic mass is 16.2. The molecule has 0 saturated heterocycles. The minimum atomic E-state index is -0.0477. The molecular formula is C14H23N3O. The van der Waals surface area contributed by atoms with E-state index >= 15 is 0 Å². The first kappa shape index (κ1) is 14.5. The predicted molar refractivity (Wildman–Crippen MR) is 73.2 cm³/mol. The Balaban J connectivity index is 2.47. The van der Waals surface area contributed by atoms with Crippen molar-refractivity contribution in [3.63, 3.8) is 0 Å². The Bertz CT molecular complexity index is 367. The fourth-order valence-corrected chi connectivity index (χ4v) is 1.61. The van der Waals surface area contributed by atoms with E-state index in [0.29, 0.717) is 12.5 Å². The van der Waals surface area contributed by atoms with Crippen LogP contribution in [0.15, 0.2) is 24.4 Å². The van der Waals surface area contributed by atoms with E-state index in [1.165, 1.54) is 0 Å². The first-order valence-corrected chi connectivity index (χ1v) is 6.46. The van der Waals surface area contributed by atoms with Gasteiger partial charge in [0.1, 0.15) is 0 Å². The lowest BCUT2D eigenvalue weighted by Crippen LogP contribution is -2.44. The Hall–Kier alpha value is -1.58. The van der Waals surface area contributed by atoms with Crippen LogP contribution in [-0.4, -0.2) is 29.0 Å². The molecule has 0 aliphatic heterocycles.